The minimum absolute atomic E-state index is 0.0160. The van der Waals surface area contributed by atoms with E-state index in [4.69, 9.17) is 18.5 Å². The van der Waals surface area contributed by atoms with Crippen LogP contribution in [0, 0.1) is 0 Å². The Labute approximate surface area is 292 Å². The quantitative estimate of drug-likeness (QED) is 0.0321. The Kier molecular flexibility index (Phi) is 32.6. The molecule has 48 heavy (non-hydrogen) atoms. The summed E-state index contributed by atoms with van der Waals surface area (Å²) in [6.07, 6.45) is 41.2. The van der Waals surface area contributed by atoms with Gasteiger partial charge in [-0.1, -0.05) is 138 Å². The molecule has 0 heterocycles. The molecule has 0 saturated carbocycles. The summed E-state index contributed by atoms with van der Waals surface area (Å²) in [6, 6.07) is 0. The van der Waals surface area contributed by atoms with Crippen LogP contribution in [0.4, 0.5) is 0 Å². The molecule has 0 radical (unpaired) electrons. The lowest BCUT2D eigenvalue weighted by Crippen LogP contribution is -2.29. The summed E-state index contributed by atoms with van der Waals surface area (Å²) in [5.41, 5.74) is 0. The molecular formula is C39H65O8P. The van der Waals surface area contributed by atoms with E-state index in [-0.39, 0.29) is 26.1 Å². The first-order valence-electron chi connectivity index (χ1n) is 18.2. The zero-order valence-electron chi connectivity index (χ0n) is 30.1. The lowest BCUT2D eigenvalue weighted by atomic mass is 10.1. The topological polar surface area (TPSA) is 108 Å². The average Bonchev–Trinajstić information content (AvgIpc) is 3.06. The fourth-order valence-electron chi connectivity index (χ4n) is 4.42. The molecule has 0 spiro atoms. The summed E-state index contributed by atoms with van der Waals surface area (Å²) < 4.78 is 32.3. The maximum Gasteiger partial charge on any atom is 0.472 e. The number of phosphoric acid groups is 1. The molecule has 274 valence electrons. The number of esters is 2. The van der Waals surface area contributed by atoms with E-state index in [1.807, 2.05) is 12.2 Å². The smallest absolute Gasteiger partial charge is 0.462 e. The molecule has 0 aliphatic rings. The molecule has 0 aliphatic carbocycles. The van der Waals surface area contributed by atoms with Crippen LogP contribution in [0.3, 0.4) is 0 Å². The molecule has 0 aromatic heterocycles. The van der Waals surface area contributed by atoms with Crippen molar-refractivity contribution in [1.29, 1.82) is 0 Å². The monoisotopic (exact) mass is 692 g/mol. The molecule has 0 fully saturated rings. The molecule has 0 bridgehead atoms. The van der Waals surface area contributed by atoms with Crippen LogP contribution in [-0.4, -0.2) is 42.8 Å². The van der Waals surface area contributed by atoms with Gasteiger partial charge in [0.25, 0.3) is 0 Å². The molecule has 2 atom stereocenters. The van der Waals surface area contributed by atoms with Gasteiger partial charge >= 0.3 is 19.8 Å². The van der Waals surface area contributed by atoms with Crippen LogP contribution in [0.1, 0.15) is 136 Å². The normalized spacial score (nSPS) is 14.3. The van der Waals surface area contributed by atoms with E-state index in [9.17, 15) is 19.0 Å². The van der Waals surface area contributed by atoms with Gasteiger partial charge in [-0.05, 0) is 58.3 Å². The highest BCUT2D eigenvalue weighted by molar-refractivity contribution is 7.47. The van der Waals surface area contributed by atoms with Gasteiger partial charge in [-0.25, -0.2) is 4.57 Å². The summed E-state index contributed by atoms with van der Waals surface area (Å²) >= 11 is 0. The van der Waals surface area contributed by atoms with Gasteiger partial charge in [0.2, 0.25) is 0 Å². The van der Waals surface area contributed by atoms with Crippen LogP contribution >= 0.6 is 7.82 Å². The fourth-order valence-corrected chi connectivity index (χ4v) is 5.17. The predicted octanol–water partition coefficient (Wildman–Crippen LogP) is 11.0. The van der Waals surface area contributed by atoms with Crippen LogP contribution in [0.15, 0.2) is 72.9 Å². The van der Waals surface area contributed by atoms with Crippen LogP contribution in [-0.2, 0) is 32.7 Å². The third-order valence-corrected chi connectivity index (χ3v) is 8.10. The van der Waals surface area contributed by atoms with Gasteiger partial charge in [-0.15, -0.1) is 0 Å². The van der Waals surface area contributed by atoms with Crippen molar-refractivity contribution in [2.45, 2.75) is 142 Å². The molecule has 0 amide bonds. The lowest BCUT2D eigenvalue weighted by Gasteiger charge is -2.19. The summed E-state index contributed by atoms with van der Waals surface area (Å²) in [5.74, 6) is -0.906. The lowest BCUT2D eigenvalue weighted by molar-refractivity contribution is -0.161. The van der Waals surface area contributed by atoms with Crippen LogP contribution < -0.4 is 0 Å². The van der Waals surface area contributed by atoms with Crippen LogP contribution in [0.5, 0.6) is 0 Å². The number of rotatable bonds is 32. The van der Waals surface area contributed by atoms with E-state index in [2.05, 4.69) is 74.6 Å². The Hall–Kier alpha value is -2.51. The minimum Gasteiger partial charge on any atom is -0.462 e. The molecule has 0 aliphatic heterocycles. The van der Waals surface area contributed by atoms with Gasteiger partial charge in [0.05, 0.1) is 13.2 Å². The van der Waals surface area contributed by atoms with Crippen LogP contribution in [0.2, 0.25) is 0 Å². The molecule has 9 heteroatoms. The maximum absolute atomic E-state index is 12.4. The second-order valence-electron chi connectivity index (χ2n) is 11.5. The number of carbonyl (C=O) groups excluding carboxylic acids is 2. The number of unbranched alkanes of at least 4 members (excludes halogenated alkanes) is 8. The van der Waals surface area contributed by atoms with Gasteiger partial charge in [0, 0.05) is 12.8 Å². The second kappa shape index (κ2) is 34.4. The van der Waals surface area contributed by atoms with Gasteiger partial charge < -0.3 is 14.4 Å². The average molecular weight is 693 g/mol. The number of hydrogen-bond acceptors (Lipinski definition) is 7. The highest BCUT2D eigenvalue weighted by Gasteiger charge is 2.25. The van der Waals surface area contributed by atoms with Crippen molar-refractivity contribution in [3.63, 3.8) is 0 Å². The number of ether oxygens (including phenoxy) is 2. The van der Waals surface area contributed by atoms with E-state index in [1.54, 1.807) is 6.92 Å². The van der Waals surface area contributed by atoms with E-state index in [0.29, 0.717) is 6.42 Å². The molecule has 2 unspecified atom stereocenters. The zero-order valence-corrected chi connectivity index (χ0v) is 31.0. The van der Waals surface area contributed by atoms with Gasteiger partial charge in [-0.3, -0.25) is 18.6 Å². The van der Waals surface area contributed by atoms with Crippen molar-refractivity contribution < 1.29 is 37.6 Å². The molecular weight excluding hydrogens is 627 g/mol. The van der Waals surface area contributed by atoms with Gasteiger partial charge in [0.1, 0.15) is 6.61 Å². The standard InChI is InChI=1S/C39H65O8P/c1-4-7-9-11-13-15-16-17-18-19-20-21-22-23-24-26-28-30-32-34-39(41)47-37(36-46-48(42,43)45-6-3)35-44-38(40)33-31-29-27-25-14-12-10-8-5-2/h7,9,13,15,17-18,20-21,23-24,28,30,37H,4-6,8,10-12,14,16,19,22,25-27,29,31-36H2,1-3H3,(H,42,43)/b9-7-,15-13-,18-17-,21-20-,24-23-,30-28-. The molecule has 0 rings (SSSR count). The summed E-state index contributed by atoms with van der Waals surface area (Å²) in [6.45, 7) is 5.21. The minimum atomic E-state index is -4.29. The van der Waals surface area contributed by atoms with Crippen molar-refractivity contribution in [1.82, 2.24) is 0 Å². The third kappa shape index (κ3) is 33.4. The summed E-state index contributed by atoms with van der Waals surface area (Å²) in [4.78, 5) is 34.4. The van der Waals surface area contributed by atoms with E-state index in [1.165, 1.54) is 38.5 Å². The highest BCUT2D eigenvalue weighted by atomic mass is 31.2. The Morgan fingerprint density at radius 1 is 0.583 bits per heavy atom. The van der Waals surface area contributed by atoms with E-state index in [0.717, 1.165) is 57.8 Å². The fraction of sp³-hybridized carbons (Fsp3) is 0.641. The number of allylic oxidation sites excluding steroid dienone is 12. The zero-order chi connectivity index (χ0) is 35.4. The van der Waals surface area contributed by atoms with E-state index < -0.39 is 32.5 Å². The Balaban J connectivity index is 4.32. The molecule has 1 N–H and O–H groups in total. The van der Waals surface area contributed by atoms with Crippen molar-refractivity contribution in [3.05, 3.63) is 72.9 Å². The SMILES string of the molecule is CC/C=C\C/C=C\C/C=C\C/C=C\C/C=C\C/C=C\CCC(=O)OC(COC(=O)CCCCCCCCCCC)COP(=O)(O)OCC. The Bertz CT molecular complexity index is 1010. The first-order valence-corrected chi connectivity index (χ1v) is 19.7. The van der Waals surface area contributed by atoms with Gasteiger partial charge in [0.15, 0.2) is 6.10 Å². The molecule has 0 aromatic carbocycles. The first-order chi connectivity index (χ1) is 23.3. The number of hydrogen-bond donors (Lipinski definition) is 1. The molecule has 0 saturated heterocycles. The van der Waals surface area contributed by atoms with Gasteiger partial charge in [-0.2, -0.15) is 0 Å². The molecule has 8 nitrogen and oxygen atoms in total. The Morgan fingerprint density at radius 2 is 1.06 bits per heavy atom. The van der Waals surface area contributed by atoms with Crippen molar-refractivity contribution in [3.8, 4) is 0 Å². The first kappa shape index (κ1) is 45.5. The highest BCUT2D eigenvalue weighted by Crippen LogP contribution is 2.43. The largest absolute Gasteiger partial charge is 0.472 e. The molecule has 0 aromatic rings. The number of carbonyl (C=O) groups is 2. The van der Waals surface area contributed by atoms with Crippen LogP contribution in [0.25, 0.3) is 0 Å². The van der Waals surface area contributed by atoms with E-state index >= 15 is 0 Å². The second-order valence-corrected chi connectivity index (χ2v) is 13.0. The summed E-state index contributed by atoms with van der Waals surface area (Å²) in [7, 11) is -4.29. The van der Waals surface area contributed by atoms with Crippen molar-refractivity contribution >= 4 is 19.8 Å². The third-order valence-electron chi connectivity index (χ3n) is 7.04. The van der Waals surface area contributed by atoms with Crippen molar-refractivity contribution in [2.75, 3.05) is 19.8 Å². The Morgan fingerprint density at radius 3 is 1.56 bits per heavy atom. The summed E-state index contributed by atoms with van der Waals surface area (Å²) in [5, 5.41) is 0. The maximum atomic E-state index is 12.4. The predicted molar refractivity (Wildman–Crippen MR) is 198 cm³/mol. The van der Waals surface area contributed by atoms with Crippen molar-refractivity contribution in [2.24, 2.45) is 0 Å². The number of phosphoric ester groups is 1.